The zero-order valence-corrected chi connectivity index (χ0v) is 11.9. The summed E-state index contributed by atoms with van der Waals surface area (Å²) in [6.45, 7) is 9.93. The van der Waals surface area contributed by atoms with E-state index in [0.717, 1.165) is 12.3 Å². The van der Waals surface area contributed by atoms with Crippen molar-refractivity contribution in [2.75, 3.05) is 19.8 Å². The largest absolute Gasteiger partial charge is 0.492 e. The van der Waals surface area contributed by atoms with Crippen LogP contribution in [0.5, 0.6) is 5.75 Å². The second-order valence-corrected chi connectivity index (χ2v) is 5.49. The maximum Gasteiger partial charge on any atom is 0.123 e. The number of aliphatic hydroxyl groups excluding tert-OH is 1. The van der Waals surface area contributed by atoms with Crippen LogP contribution in [0.2, 0.25) is 0 Å². The van der Waals surface area contributed by atoms with Gasteiger partial charge >= 0.3 is 0 Å². The van der Waals surface area contributed by atoms with Gasteiger partial charge in [0.1, 0.15) is 12.4 Å². The first kappa shape index (κ1) is 15.0. The molecule has 3 heteroatoms. The van der Waals surface area contributed by atoms with E-state index in [1.165, 1.54) is 5.56 Å². The van der Waals surface area contributed by atoms with Crippen molar-refractivity contribution in [1.29, 1.82) is 0 Å². The average molecular weight is 251 g/mol. The highest BCUT2D eigenvalue weighted by Gasteiger charge is 2.19. The number of ether oxygens (including phenoxy) is 1. The van der Waals surface area contributed by atoms with Gasteiger partial charge in [-0.15, -0.1) is 0 Å². The summed E-state index contributed by atoms with van der Waals surface area (Å²) in [5.74, 6) is 0.904. The monoisotopic (exact) mass is 251 g/mol. The van der Waals surface area contributed by atoms with Crippen LogP contribution in [0, 0.1) is 0 Å². The number of rotatable bonds is 6. The predicted molar refractivity (Wildman–Crippen MR) is 75.2 cm³/mol. The molecule has 1 aromatic rings. The van der Waals surface area contributed by atoms with Crippen molar-refractivity contribution in [2.45, 2.75) is 39.2 Å². The molecule has 0 aromatic heterocycles. The molecule has 18 heavy (non-hydrogen) atoms. The fourth-order valence-electron chi connectivity index (χ4n) is 1.87. The molecule has 1 atom stereocenters. The number of hydrogen-bond donors (Lipinski definition) is 2. The molecule has 0 aliphatic heterocycles. The Morgan fingerprint density at radius 1 is 1.28 bits per heavy atom. The topological polar surface area (TPSA) is 41.5 Å². The van der Waals surface area contributed by atoms with Gasteiger partial charge in [-0.05, 0) is 23.6 Å². The number of likely N-dealkylation sites (N-methyl/N-ethyl adjacent to an activating group) is 1. The summed E-state index contributed by atoms with van der Waals surface area (Å²) >= 11 is 0. The van der Waals surface area contributed by atoms with Crippen LogP contribution in [0.25, 0.3) is 0 Å². The van der Waals surface area contributed by atoms with E-state index in [1.807, 2.05) is 25.1 Å². The molecule has 0 saturated carbocycles. The SMILES string of the molecule is CCNC(CO)COc1ccccc1C(C)(C)C. The molecule has 0 spiro atoms. The van der Waals surface area contributed by atoms with Gasteiger partial charge in [-0.3, -0.25) is 0 Å². The molecule has 1 rings (SSSR count). The maximum atomic E-state index is 9.22. The van der Waals surface area contributed by atoms with Crippen LogP contribution in [-0.4, -0.2) is 30.9 Å². The van der Waals surface area contributed by atoms with E-state index in [-0.39, 0.29) is 18.1 Å². The van der Waals surface area contributed by atoms with Gasteiger partial charge in [0.15, 0.2) is 0 Å². The van der Waals surface area contributed by atoms with Gasteiger partial charge < -0.3 is 15.2 Å². The molecule has 0 bridgehead atoms. The van der Waals surface area contributed by atoms with Crippen LogP contribution in [-0.2, 0) is 5.41 Å². The van der Waals surface area contributed by atoms with Crippen LogP contribution in [0.4, 0.5) is 0 Å². The van der Waals surface area contributed by atoms with Crippen molar-refractivity contribution in [3.8, 4) is 5.75 Å². The van der Waals surface area contributed by atoms with Crippen LogP contribution in [0.15, 0.2) is 24.3 Å². The molecule has 0 amide bonds. The maximum absolute atomic E-state index is 9.22. The van der Waals surface area contributed by atoms with Crippen molar-refractivity contribution in [1.82, 2.24) is 5.32 Å². The number of nitrogens with one attached hydrogen (secondary N) is 1. The third-order valence-electron chi connectivity index (χ3n) is 2.85. The molecule has 0 fully saturated rings. The first-order chi connectivity index (χ1) is 8.49. The van der Waals surface area contributed by atoms with Crippen molar-refractivity contribution in [3.63, 3.8) is 0 Å². The van der Waals surface area contributed by atoms with Crippen molar-refractivity contribution < 1.29 is 9.84 Å². The molecular weight excluding hydrogens is 226 g/mol. The molecule has 1 aromatic carbocycles. The van der Waals surface area contributed by atoms with Crippen molar-refractivity contribution in [2.24, 2.45) is 0 Å². The molecule has 1 unspecified atom stereocenters. The summed E-state index contributed by atoms with van der Waals surface area (Å²) in [6, 6.07) is 8.08. The number of hydrogen-bond acceptors (Lipinski definition) is 3. The van der Waals surface area contributed by atoms with Gasteiger partial charge in [-0.2, -0.15) is 0 Å². The number of benzene rings is 1. The predicted octanol–water partition coefficient (Wildman–Crippen LogP) is 2.33. The van der Waals surface area contributed by atoms with E-state index in [0.29, 0.717) is 6.61 Å². The summed E-state index contributed by atoms with van der Waals surface area (Å²) in [7, 11) is 0. The van der Waals surface area contributed by atoms with E-state index < -0.39 is 0 Å². The fourth-order valence-corrected chi connectivity index (χ4v) is 1.87. The first-order valence-corrected chi connectivity index (χ1v) is 6.55. The Bertz CT molecular complexity index is 358. The molecule has 102 valence electrons. The Labute approximate surface area is 110 Å². The Balaban J connectivity index is 2.73. The molecule has 0 saturated heterocycles. The fraction of sp³-hybridized carbons (Fsp3) is 0.600. The highest BCUT2D eigenvalue weighted by molar-refractivity contribution is 5.38. The lowest BCUT2D eigenvalue weighted by atomic mass is 9.86. The van der Waals surface area contributed by atoms with Crippen LogP contribution < -0.4 is 10.1 Å². The summed E-state index contributed by atoms with van der Waals surface area (Å²) in [6.07, 6.45) is 0. The second-order valence-electron chi connectivity index (χ2n) is 5.49. The zero-order valence-electron chi connectivity index (χ0n) is 11.9. The normalized spacial score (nSPS) is 13.4. The second kappa shape index (κ2) is 6.76. The van der Waals surface area contributed by atoms with Gasteiger partial charge in [0.25, 0.3) is 0 Å². The van der Waals surface area contributed by atoms with E-state index in [1.54, 1.807) is 0 Å². The number of para-hydroxylation sites is 1. The molecular formula is C15H25NO2. The zero-order chi connectivity index (χ0) is 13.6. The van der Waals surface area contributed by atoms with E-state index in [4.69, 9.17) is 4.74 Å². The highest BCUT2D eigenvalue weighted by atomic mass is 16.5. The van der Waals surface area contributed by atoms with E-state index in [9.17, 15) is 5.11 Å². The van der Waals surface area contributed by atoms with Gasteiger partial charge in [0, 0.05) is 0 Å². The van der Waals surface area contributed by atoms with Crippen molar-refractivity contribution >= 4 is 0 Å². The van der Waals surface area contributed by atoms with E-state index >= 15 is 0 Å². The quantitative estimate of drug-likeness (QED) is 0.815. The van der Waals surface area contributed by atoms with E-state index in [2.05, 4.69) is 32.2 Å². The van der Waals surface area contributed by atoms with Crippen LogP contribution in [0.3, 0.4) is 0 Å². The average Bonchev–Trinajstić information content (AvgIpc) is 2.33. The molecule has 0 aliphatic carbocycles. The molecule has 0 aliphatic rings. The highest BCUT2D eigenvalue weighted by Crippen LogP contribution is 2.30. The Kier molecular flexibility index (Phi) is 5.63. The van der Waals surface area contributed by atoms with Gasteiger partial charge in [0.2, 0.25) is 0 Å². The lowest BCUT2D eigenvalue weighted by molar-refractivity contribution is 0.183. The van der Waals surface area contributed by atoms with Crippen LogP contribution in [0.1, 0.15) is 33.3 Å². The van der Waals surface area contributed by atoms with Gasteiger partial charge in [-0.25, -0.2) is 0 Å². The summed E-state index contributed by atoms with van der Waals surface area (Å²) in [4.78, 5) is 0. The molecule has 3 nitrogen and oxygen atoms in total. The number of aliphatic hydroxyl groups is 1. The third-order valence-corrected chi connectivity index (χ3v) is 2.85. The standard InChI is InChI=1S/C15H25NO2/c1-5-16-12(10-17)11-18-14-9-7-6-8-13(14)15(2,3)4/h6-9,12,16-17H,5,10-11H2,1-4H3. The Morgan fingerprint density at radius 2 is 1.94 bits per heavy atom. The minimum Gasteiger partial charge on any atom is -0.492 e. The Hall–Kier alpha value is -1.06. The van der Waals surface area contributed by atoms with Gasteiger partial charge in [-0.1, -0.05) is 45.9 Å². The summed E-state index contributed by atoms with van der Waals surface area (Å²) in [5.41, 5.74) is 1.25. The van der Waals surface area contributed by atoms with Gasteiger partial charge in [0.05, 0.1) is 12.6 Å². The molecule has 2 N–H and O–H groups in total. The first-order valence-electron chi connectivity index (χ1n) is 6.55. The molecule has 0 heterocycles. The lowest BCUT2D eigenvalue weighted by Crippen LogP contribution is -2.37. The summed E-state index contributed by atoms with van der Waals surface area (Å²) < 4.78 is 5.85. The Morgan fingerprint density at radius 3 is 2.50 bits per heavy atom. The van der Waals surface area contributed by atoms with Crippen molar-refractivity contribution in [3.05, 3.63) is 29.8 Å². The summed E-state index contributed by atoms with van der Waals surface area (Å²) in [5, 5.41) is 12.4. The third kappa shape index (κ3) is 4.31. The minimum atomic E-state index is -0.0111. The lowest BCUT2D eigenvalue weighted by Gasteiger charge is -2.24. The molecule has 0 radical (unpaired) electrons. The minimum absolute atomic E-state index is 0.0111. The van der Waals surface area contributed by atoms with Crippen LogP contribution >= 0.6 is 0 Å². The smallest absolute Gasteiger partial charge is 0.123 e.